The van der Waals surface area contributed by atoms with E-state index in [4.69, 9.17) is 11.6 Å². The molecule has 0 aliphatic carbocycles. The Labute approximate surface area is 298 Å². The molecule has 0 saturated carbocycles. The zero-order valence-corrected chi connectivity index (χ0v) is 28.5. The first-order valence-electron chi connectivity index (χ1n) is 16.8. The molecule has 2 aromatic heterocycles. The molecule has 50 heavy (non-hydrogen) atoms. The average Bonchev–Trinajstić information content (AvgIpc) is 3.69. The van der Waals surface area contributed by atoms with Gasteiger partial charge in [0.25, 0.3) is 0 Å². The van der Waals surface area contributed by atoms with Crippen molar-refractivity contribution in [2.24, 2.45) is 0 Å². The zero-order chi connectivity index (χ0) is 33.2. The maximum atomic E-state index is 6.93. The van der Waals surface area contributed by atoms with Gasteiger partial charge in [-0.3, -0.25) is 0 Å². The summed E-state index contributed by atoms with van der Waals surface area (Å²) in [7, 11) is 0. The van der Waals surface area contributed by atoms with Crippen LogP contribution in [0.25, 0.3) is 69.6 Å². The number of anilines is 3. The monoisotopic (exact) mass is 676 g/mol. The molecule has 10 aromatic rings. The molecule has 10 rings (SSSR count). The smallest absolute Gasteiger partial charge is 0.0547 e. The van der Waals surface area contributed by atoms with E-state index in [1.165, 1.54) is 58.4 Å². The first-order valence-corrected chi connectivity index (χ1v) is 18.0. The Morgan fingerprint density at radius 3 is 1.86 bits per heavy atom. The van der Waals surface area contributed by atoms with Crippen LogP contribution in [0.1, 0.15) is 0 Å². The van der Waals surface area contributed by atoms with Crippen LogP contribution in [0.5, 0.6) is 0 Å². The summed E-state index contributed by atoms with van der Waals surface area (Å²) in [5, 5.41) is 8.22. The van der Waals surface area contributed by atoms with Gasteiger partial charge in [-0.15, -0.1) is 11.3 Å². The fourth-order valence-corrected chi connectivity index (χ4v) is 8.86. The van der Waals surface area contributed by atoms with E-state index >= 15 is 0 Å². The van der Waals surface area contributed by atoms with E-state index in [9.17, 15) is 0 Å². The van der Waals surface area contributed by atoms with Gasteiger partial charge in [-0.2, -0.15) is 0 Å². The minimum Gasteiger partial charge on any atom is -0.310 e. The first-order chi connectivity index (χ1) is 24.7. The number of aromatic nitrogens is 1. The highest BCUT2D eigenvalue weighted by molar-refractivity contribution is 7.25. The Bertz CT molecular complexity index is 2850. The van der Waals surface area contributed by atoms with Gasteiger partial charge in [0, 0.05) is 58.7 Å². The van der Waals surface area contributed by atoms with Crippen molar-refractivity contribution in [3.63, 3.8) is 0 Å². The van der Waals surface area contributed by atoms with E-state index in [1.54, 1.807) is 0 Å². The molecule has 0 unspecified atom stereocenters. The highest BCUT2D eigenvalue weighted by Gasteiger charge is 2.18. The minimum absolute atomic E-state index is 0.694. The number of benzene rings is 8. The SMILES string of the molecule is Clc1cc(-c2ccc3c(c2)c2cc4ccccc4cc2n3-c2ccc3c(c2)sc2ccccc23)cc(N(c2ccccc2)c2ccccc2)c1. The molecule has 2 nitrogen and oxygen atoms in total. The highest BCUT2D eigenvalue weighted by Crippen LogP contribution is 2.42. The molecule has 8 aromatic carbocycles. The molecule has 4 heteroatoms. The number of hydrogen-bond donors (Lipinski definition) is 0. The van der Waals surface area contributed by atoms with Gasteiger partial charge in [-0.25, -0.2) is 0 Å². The summed E-state index contributed by atoms with van der Waals surface area (Å²) < 4.78 is 5.04. The lowest BCUT2D eigenvalue weighted by Crippen LogP contribution is -2.09. The second-order valence-corrected chi connectivity index (χ2v) is 14.3. The number of nitrogens with zero attached hydrogens (tertiary/aromatic N) is 2. The van der Waals surface area contributed by atoms with Crippen molar-refractivity contribution in [3.8, 4) is 16.8 Å². The van der Waals surface area contributed by atoms with Crippen molar-refractivity contribution < 1.29 is 0 Å². The second-order valence-electron chi connectivity index (χ2n) is 12.8. The fourth-order valence-electron chi connectivity index (χ4n) is 7.49. The molecule has 0 N–H and O–H groups in total. The van der Waals surface area contributed by atoms with Gasteiger partial charge in [0.2, 0.25) is 0 Å². The van der Waals surface area contributed by atoms with Gasteiger partial charge in [0.15, 0.2) is 0 Å². The molecular weight excluding hydrogens is 648 g/mol. The molecule has 0 spiro atoms. The van der Waals surface area contributed by atoms with E-state index in [-0.39, 0.29) is 0 Å². The van der Waals surface area contributed by atoms with Crippen LogP contribution in [0.3, 0.4) is 0 Å². The third-order valence-electron chi connectivity index (χ3n) is 9.76. The highest BCUT2D eigenvalue weighted by atomic mass is 35.5. The van der Waals surface area contributed by atoms with E-state index in [0.717, 1.165) is 28.2 Å². The lowest BCUT2D eigenvalue weighted by molar-refractivity contribution is 1.19. The molecule has 0 aliphatic heterocycles. The van der Waals surface area contributed by atoms with Gasteiger partial charge in [0.1, 0.15) is 0 Å². The maximum absolute atomic E-state index is 6.93. The van der Waals surface area contributed by atoms with Crippen LogP contribution in [-0.4, -0.2) is 4.57 Å². The molecule has 0 radical (unpaired) electrons. The largest absolute Gasteiger partial charge is 0.310 e. The summed E-state index contributed by atoms with van der Waals surface area (Å²) in [6.45, 7) is 0. The van der Waals surface area contributed by atoms with Crippen molar-refractivity contribution in [2.75, 3.05) is 4.90 Å². The van der Waals surface area contributed by atoms with Crippen LogP contribution < -0.4 is 4.90 Å². The third kappa shape index (κ3) is 4.78. The lowest BCUT2D eigenvalue weighted by Gasteiger charge is -2.26. The zero-order valence-electron chi connectivity index (χ0n) is 26.9. The van der Waals surface area contributed by atoms with Gasteiger partial charge < -0.3 is 9.47 Å². The summed E-state index contributed by atoms with van der Waals surface area (Å²) in [6, 6.07) is 63.1. The molecule has 0 atom stereocenters. The number of rotatable bonds is 5. The molecule has 0 saturated heterocycles. The third-order valence-corrected chi connectivity index (χ3v) is 11.1. The van der Waals surface area contributed by atoms with E-state index < -0.39 is 0 Å². The second kappa shape index (κ2) is 11.6. The van der Waals surface area contributed by atoms with E-state index in [1.807, 2.05) is 29.5 Å². The number of thiophene rings is 1. The van der Waals surface area contributed by atoms with Crippen LogP contribution in [0.4, 0.5) is 17.1 Å². The molecule has 0 aliphatic rings. The average molecular weight is 677 g/mol. The van der Waals surface area contributed by atoms with Gasteiger partial charge in [0.05, 0.1) is 11.0 Å². The summed E-state index contributed by atoms with van der Waals surface area (Å²) in [5.41, 5.74) is 8.89. The maximum Gasteiger partial charge on any atom is 0.0547 e. The molecule has 0 bridgehead atoms. The molecule has 0 fully saturated rings. The normalized spacial score (nSPS) is 11.7. The summed E-state index contributed by atoms with van der Waals surface area (Å²) >= 11 is 8.79. The topological polar surface area (TPSA) is 8.17 Å². The number of hydrogen-bond acceptors (Lipinski definition) is 2. The Kier molecular flexibility index (Phi) is 6.76. The van der Waals surface area contributed by atoms with Crippen molar-refractivity contribution in [3.05, 3.63) is 181 Å². The van der Waals surface area contributed by atoms with E-state index in [2.05, 4.69) is 167 Å². The van der Waals surface area contributed by atoms with Gasteiger partial charge in [-0.1, -0.05) is 103 Å². The van der Waals surface area contributed by atoms with Crippen LogP contribution in [0.15, 0.2) is 176 Å². The Hall–Kier alpha value is -5.87. The van der Waals surface area contributed by atoms with Crippen molar-refractivity contribution >= 4 is 92.8 Å². The molecule has 2 heterocycles. The van der Waals surface area contributed by atoms with Crippen molar-refractivity contribution in [2.45, 2.75) is 0 Å². The lowest BCUT2D eigenvalue weighted by atomic mass is 10.0. The Balaban J connectivity index is 1.18. The quantitative estimate of drug-likeness (QED) is 0.176. The summed E-state index contributed by atoms with van der Waals surface area (Å²) in [5.74, 6) is 0. The number of halogens is 1. The predicted octanol–water partition coefficient (Wildman–Crippen LogP) is 14.1. The Morgan fingerprint density at radius 1 is 0.420 bits per heavy atom. The summed E-state index contributed by atoms with van der Waals surface area (Å²) in [4.78, 5) is 2.26. The predicted molar refractivity (Wildman–Crippen MR) is 216 cm³/mol. The van der Waals surface area contributed by atoms with Crippen LogP contribution >= 0.6 is 22.9 Å². The van der Waals surface area contributed by atoms with Gasteiger partial charge in [-0.05, 0) is 107 Å². The minimum atomic E-state index is 0.694. The van der Waals surface area contributed by atoms with Crippen LogP contribution in [-0.2, 0) is 0 Å². The molecule has 0 amide bonds. The van der Waals surface area contributed by atoms with Crippen LogP contribution in [0.2, 0.25) is 5.02 Å². The number of fused-ring (bicyclic) bond motifs is 7. The number of para-hydroxylation sites is 2. The van der Waals surface area contributed by atoms with Crippen molar-refractivity contribution in [1.29, 1.82) is 0 Å². The van der Waals surface area contributed by atoms with Crippen LogP contribution in [0, 0.1) is 0 Å². The van der Waals surface area contributed by atoms with E-state index in [0.29, 0.717) is 5.02 Å². The molecular formula is C46H29ClN2S. The Morgan fingerprint density at radius 2 is 1.08 bits per heavy atom. The summed E-state index contributed by atoms with van der Waals surface area (Å²) in [6.07, 6.45) is 0. The van der Waals surface area contributed by atoms with Crippen molar-refractivity contribution in [1.82, 2.24) is 4.57 Å². The first kappa shape index (κ1) is 29.1. The standard InChI is InChI=1S/C46H29ClN2S/c47-34-23-33(24-38(28-34)48(35-13-3-1-4-14-35)36-15-5-2-6-16-36)32-19-22-43-41(26-32)42-25-30-11-7-8-12-31(30)27-44(42)49(43)37-20-21-40-39-17-9-10-18-45(39)50-46(40)29-37/h1-29H. The van der Waals surface area contributed by atoms with Gasteiger partial charge >= 0.3 is 0 Å². The molecule has 236 valence electrons. The fraction of sp³-hybridized carbons (Fsp3) is 0.